The van der Waals surface area contributed by atoms with Gasteiger partial charge in [0.1, 0.15) is 5.54 Å². The molecule has 1 rings (SSSR count). The lowest BCUT2D eigenvalue weighted by atomic mass is 9.89. The van der Waals surface area contributed by atoms with Crippen LogP contribution in [0.1, 0.15) is 57.9 Å². The molecule has 3 heteroatoms. The zero-order chi connectivity index (χ0) is 15.6. The Kier molecular flexibility index (Phi) is 8.04. The number of nitrogens with zero attached hydrogens (tertiary/aromatic N) is 1. The van der Waals surface area contributed by atoms with E-state index in [0.29, 0.717) is 13.0 Å². The first-order valence-corrected chi connectivity index (χ1v) is 7.99. The average Bonchev–Trinajstić information content (AvgIpc) is 2.52. The van der Waals surface area contributed by atoms with E-state index >= 15 is 0 Å². The van der Waals surface area contributed by atoms with E-state index in [9.17, 15) is 5.26 Å². The van der Waals surface area contributed by atoms with Crippen LogP contribution in [0.4, 0.5) is 0 Å². The lowest BCUT2D eigenvalue weighted by molar-refractivity contribution is 0.0500. The third kappa shape index (κ3) is 6.29. The van der Waals surface area contributed by atoms with Crippen molar-refractivity contribution in [3.63, 3.8) is 0 Å². The topological polar surface area (TPSA) is 59.0 Å². The maximum atomic E-state index is 9.37. The predicted molar refractivity (Wildman–Crippen MR) is 86.7 cm³/mol. The van der Waals surface area contributed by atoms with Crippen molar-refractivity contribution >= 4 is 0 Å². The summed E-state index contributed by atoms with van der Waals surface area (Å²) in [5.41, 5.74) is 6.10. The van der Waals surface area contributed by atoms with Crippen molar-refractivity contribution in [2.45, 2.75) is 64.0 Å². The van der Waals surface area contributed by atoms with Crippen LogP contribution in [0.15, 0.2) is 30.3 Å². The first-order valence-electron chi connectivity index (χ1n) is 7.99. The van der Waals surface area contributed by atoms with Crippen molar-refractivity contribution in [2.24, 2.45) is 5.73 Å². The van der Waals surface area contributed by atoms with Crippen molar-refractivity contribution in [2.75, 3.05) is 6.61 Å². The maximum absolute atomic E-state index is 9.37. The van der Waals surface area contributed by atoms with Gasteiger partial charge in [0.05, 0.1) is 18.8 Å². The molecule has 0 saturated heterocycles. The Balaban J connectivity index is 2.34. The van der Waals surface area contributed by atoms with Crippen molar-refractivity contribution in [1.29, 1.82) is 5.26 Å². The highest BCUT2D eigenvalue weighted by Gasteiger charge is 2.26. The molecule has 0 heterocycles. The lowest BCUT2D eigenvalue weighted by Gasteiger charge is -2.23. The van der Waals surface area contributed by atoms with Gasteiger partial charge in [-0.2, -0.15) is 5.26 Å². The third-order valence-electron chi connectivity index (χ3n) is 3.85. The van der Waals surface area contributed by atoms with Crippen LogP contribution in [0.2, 0.25) is 0 Å². The van der Waals surface area contributed by atoms with Gasteiger partial charge >= 0.3 is 0 Å². The lowest BCUT2D eigenvalue weighted by Crippen LogP contribution is -2.36. The molecule has 1 aromatic rings. The van der Waals surface area contributed by atoms with Crippen LogP contribution in [0.5, 0.6) is 0 Å². The van der Waals surface area contributed by atoms with E-state index in [1.807, 2.05) is 30.3 Å². The average molecular weight is 288 g/mol. The summed E-state index contributed by atoms with van der Waals surface area (Å²) >= 11 is 0. The van der Waals surface area contributed by atoms with Gasteiger partial charge < -0.3 is 10.5 Å². The molecular formula is C18H28N2O. The molecule has 1 aromatic carbocycles. The smallest absolute Gasteiger partial charge is 0.132 e. The summed E-state index contributed by atoms with van der Waals surface area (Å²) in [4.78, 5) is 0. The number of hydrogen-bond donors (Lipinski definition) is 1. The minimum Gasteiger partial charge on any atom is -0.378 e. The second-order valence-corrected chi connectivity index (χ2v) is 5.73. The molecule has 0 amide bonds. The molecule has 0 aliphatic heterocycles. The molecule has 0 aliphatic rings. The quantitative estimate of drug-likeness (QED) is 0.658. The third-order valence-corrected chi connectivity index (χ3v) is 3.85. The first-order chi connectivity index (χ1) is 10.1. The molecular weight excluding hydrogens is 260 g/mol. The van der Waals surface area contributed by atoms with Gasteiger partial charge in [0.25, 0.3) is 0 Å². The Morgan fingerprint density at radius 1 is 1.24 bits per heavy atom. The van der Waals surface area contributed by atoms with E-state index in [-0.39, 0.29) is 6.10 Å². The zero-order valence-corrected chi connectivity index (χ0v) is 13.3. The number of hydrogen-bond acceptors (Lipinski definition) is 3. The van der Waals surface area contributed by atoms with Crippen LogP contribution in [0.25, 0.3) is 0 Å². The van der Waals surface area contributed by atoms with E-state index < -0.39 is 5.54 Å². The number of rotatable bonds is 10. The van der Waals surface area contributed by atoms with Gasteiger partial charge in [0.2, 0.25) is 0 Å². The normalized spacial score (nSPS) is 15.1. The van der Waals surface area contributed by atoms with Crippen LogP contribution in [0.3, 0.4) is 0 Å². The summed E-state index contributed by atoms with van der Waals surface area (Å²) in [5.74, 6) is 0. The van der Waals surface area contributed by atoms with Crippen molar-refractivity contribution in [3.05, 3.63) is 35.9 Å². The molecule has 0 bridgehead atoms. The van der Waals surface area contributed by atoms with E-state index in [1.165, 1.54) is 25.7 Å². The van der Waals surface area contributed by atoms with Gasteiger partial charge in [-0.25, -0.2) is 0 Å². The number of nitrogens with two attached hydrogens (primary N) is 1. The van der Waals surface area contributed by atoms with E-state index in [1.54, 1.807) is 0 Å². The maximum Gasteiger partial charge on any atom is 0.132 e. The van der Waals surface area contributed by atoms with E-state index in [4.69, 9.17) is 10.5 Å². The molecule has 2 unspecified atom stereocenters. The minimum atomic E-state index is -0.955. The monoisotopic (exact) mass is 288 g/mol. The fraction of sp³-hybridized carbons (Fsp3) is 0.611. The van der Waals surface area contributed by atoms with Crippen LogP contribution >= 0.6 is 0 Å². The number of benzene rings is 1. The fourth-order valence-corrected chi connectivity index (χ4v) is 2.36. The Morgan fingerprint density at radius 2 is 1.95 bits per heavy atom. The molecule has 2 N–H and O–H groups in total. The summed E-state index contributed by atoms with van der Waals surface area (Å²) in [5, 5.41) is 9.37. The van der Waals surface area contributed by atoms with Gasteiger partial charge in [-0.15, -0.1) is 0 Å². The molecule has 0 radical (unpaired) electrons. The van der Waals surface area contributed by atoms with E-state index in [0.717, 1.165) is 12.0 Å². The molecule has 0 fully saturated rings. The second kappa shape index (κ2) is 9.55. The van der Waals surface area contributed by atoms with Crippen LogP contribution in [-0.4, -0.2) is 12.7 Å². The molecule has 0 saturated carbocycles. The molecule has 2 atom stereocenters. The van der Waals surface area contributed by atoms with Gasteiger partial charge in [-0.05, 0) is 18.9 Å². The van der Waals surface area contributed by atoms with Crippen LogP contribution < -0.4 is 5.73 Å². The Hall–Kier alpha value is -1.37. The fourth-order valence-electron chi connectivity index (χ4n) is 2.36. The summed E-state index contributed by atoms with van der Waals surface area (Å²) in [7, 11) is 0. The van der Waals surface area contributed by atoms with Gasteiger partial charge in [-0.1, -0.05) is 62.9 Å². The first kappa shape index (κ1) is 17.7. The Labute approximate surface area is 129 Å². The summed E-state index contributed by atoms with van der Waals surface area (Å²) < 4.78 is 5.81. The summed E-state index contributed by atoms with van der Waals surface area (Å²) in [6.45, 7) is 4.83. The number of unbranched alkanes of at least 4 members (excludes halogenated alkanes) is 3. The Morgan fingerprint density at radius 3 is 2.57 bits per heavy atom. The van der Waals surface area contributed by atoms with Gasteiger partial charge in [0, 0.05) is 6.42 Å². The highest BCUT2D eigenvalue weighted by atomic mass is 16.5. The largest absolute Gasteiger partial charge is 0.378 e. The molecule has 0 aliphatic carbocycles. The number of nitriles is 1. The summed E-state index contributed by atoms with van der Waals surface area (Å²) in [6.07, 6.45) is 6.86. The molecule has 3 nitrogen and oxygen atoms in total. The summed E-state index contributed by atoms with van der Waals surface area (Å²) in [6, 6.07) is 11.8. The Bertz CT molecular complexity index is 427. The molecule has 21 heavy (non-hydrogen) atoms. The highest BCUT2D eigenvalue weighted by molar-refractivity contribution is 5.30. The van der Waals surface area contributed by atoms with Crippen molar-refractivity contribution in [1.82, 2.24) is 0 Å². The predicted octanol–water partition coefficient (Wildman–Crippen LogP) is 4.13. The highest BCUT2D eigenvalue weighted by Crippen LogP contribution is 2.21. The van der Waals surface area contributed by atoms with Gasteiger partial charge in [-0.3, -0.25) is 0 Å². The molecule has 116 valence electrons. The number of ether oxygens (including phenoxy) is 1. The molecule has 0 aromatic heterocycles. The standard InChI is InChI=1S/C18H28N2O/c1-3-4-5-7-10-16(2)21-14-13-18(20,15-19)17-11-8-6-9-12-17/h6,8-9,11-12,16H,3-5,7,10,13-14,20H2,1-2H3. The van der Waals surface area contributed by atoms with Crippen LogP contribution in [-0.2, 0) is 10.3 Å². The SMILES string of the molecule is CCCCCCC(C)OCCC(N)(C#N)c1ccccc1. The zero-order valence-electron chi connectivity index (χ0n) is 13.3. The molecule has 0 spiro atoms. The van der Waals surface area contributed by atoms with Crippen molar-refractivity contribution < 1.29 is 4.74 Å². The van der Waals surface area contributed by atoms with Gasteiger partial charge in [0.15, 0.2) is 0 Å². The minimum absolute atomic E-state index is 0.237. The second-order valence-electron chi connectivity index (χ2n) is 5.73. The van der Waals surface area contributed by atoms with Crippen LogP contribution in [0, 0.1) is 11.3 Å². The van der Waals surface area contributed by atoms with E-state index in [2.05, 4.69) is 19.9 Å². The van der Waals surface area contributed by atoms with Crippen molar-refractivity contribution in [3.8, 4) is 6.07 Å².